The van der Waals surface area contributed by atoms with Crippen LogP contribution in [0.25, 0.3) is 0 Å². The van der Waals surface area contributed by atoms with Crippen molar-refractivity contribution in [2.75, 3.05) is 6.61 Å². The van der Waals surface area contributed by atoms with Gasteiger partial charge in [0.05, 0.1) is 3.39 Å². The van der Waals surface area contributed by atoms with Crippen molar-refractivity contribution in [3.63, 3.8) is 0 Å². The molecule has 4 heteroatoms. The third-order valence-electron chi connectivity index (χ3n) is 1.56. The number of hydrogen-bond donors (Lipinski definition) is 0. The van der Waals surface area contributed by atoms with E-state index in [1.165, 1.54) is 12.5 Å². The van der Waals surface area contributed by atoms with E-state index < -0.39 is 0 Å². The van der Waals surface area contributed by atoms with Crippen LogP contribution in [0.1, 0.15) is 26.7 Å². The highest BCUT2D eigenvalue weighted by Gasteiger charge is 1.91. The Kier molecular flexibility index (Phi) is 8.18. The Morgan fingerprint density at radius 3 is 2.43 bits per heavy atom. The molecule has 0 N–H and O–H groups in total. The SMILES string of the molecule is CC(=O)OC/C=C(\C)CCC=C(Br)Br. The molecule has 0 bridgehead atoms. The molecule has 0 fully saturated rings. The minimum atomic E-state index is -0.239. The molecule has 0 heterocycles. The Bertz CT molecular complexity index is 241. The van der Waals surface area contributed by atoms with Crippen LogP contribution in [0, 0.1) is 0 Å². The normalized spacial score (nSPS) is 11.0. The number of ether oxygens (including phenoxy) is 1. The van der Waals surface area contributed by atoms with Gasteiger partial charge in [-0.05, 0) is 57.7 Å². The molecule has 14 heavy (non-hydrogen) atoms. The predicted molar refractivity (Wildman–Crippen MR) is 65.6 cm³/mol. The molecule has 2 nitrogen and oxygen atoms in total. The summed E-state index contributed by atoms with van der Waals surface area (Å²) in [5, 5.41) is 0. The Hall–Kier alpha value is -0.0900. The molecule has 0 aliphatic rings. The van der Waals surface area contributed by atoms with Crippen LogP contribution >= 0.6 is 31.9 Å². The summed E-state index contributed by atoms with van der Waals surface area (Å²) in [6.45, 7) is 3.81. The van der Waals surface area contributed by atoms with Gasteiger partial charge in [0.25, 0.3) is 0 Å². The van der Waals surface area contributed by atoms with Gasteiger partial charge in [-0.3, -0.25) is 4.79 Å². The maximum absolute atomic E-state index is 10.5. The van der Waals surface area contributed by atoms with E-state index in [4.69, 9.17) is 4.74 Å². The summed E-state index contributed by atoms with van der Waals surface area (Å²) in [7, 11) is 0. The summed E-state index contributed by atoms with van der Waals surface area (Å²) in [6.07, 6.45) is 5.91. The number of rotatable bonds is 5. The summed E-state index contributed by atoms with van der Waals surface area (Å²) in [6, 6.07) is 0. The van der Waals surface area contributed by atoms with Gasteiger partial charge in [-0.25, -0.2) is 0 Å². The number of halogens is 2. The molecule has 0 spiro atoms. The zero-order valence-electron chi connectivity index (χ0n) is 8.35. The van der Waals surface area contributed by atoms with Gasteiger partial charge in [-0.1, -0.05) is 11.6 Å². The molecule has 0 atom stereocenters. The van der Waals surface area contributed by atoms with Gasteiger partial charge in [-0.15, -0.1) is 0 Å². The van der Waals surface area contributed by atoms with Crippen LogP contribution in [0.5, 0.6) is 0 Å². The van der Waals surface area contributed by atoms with Crippen molar-refractivity contribution in [2.45, 2.75) is 26.7 Å². The number of hydrogen-bond acceptors (Lipinski definition) is 2. The second kappa shape index (κ2) is 8.24. The minimum Gasteiger partial charge on any atom is -0.462 e. The average molecular weight is 326 g/mol. The minimum absolute atomic E-state index is 0.239. The summed E-state index contributed by atoms with van der Waals surface area (Å²) in [5.74, 6) is -0.239. The largest absolute Gasteiger partial charge is 0.462 e. The second-order valence-corrected chi connectivity index (χ2v) is 5.66. The van der Waals surface area contributed by atoms with Crippen molar-refractivity contribution in [1.82, 2.24) is 0 Å². The molecule has 0 aliphatic carbocycles. The molecule has 0 saturated heterocycles. The van der Waals surface area contributed by atoms with E-state index in [2.05, 4.69) is 31.9 Å². The second-order valence-electron chi connectivity index (χ2n) is 2.89. The van der Waals surface area contributed by atoms with Crippen molar-refractivity contribution in [2.24, 2.45) is 0 Å². The molecule has 80 valence electrons. The maximum atomic E-state index is 10.5. The van der Waals surface area contributed by atoms with Crippen molar-refractivity contribution in [3.05, 3.63) is 21.1 Å². The molecule has 0 amide bonds. The lowest BCUT2D eigenvalue weighted by Gasteiger charge is -1.99. The molecule has 0 aromatic carbocycles. The Morgan fingerprint density at radius 1 is 1.29 bits per heavy atom. The summed E-state index contributed by atoms with van der Waals surface area (Å²) in [4.78, 5) is 10.5. The van der Waals surface area contributed by atoms with E-state index in [-0.39, 0.29) is 5.97 Å². The van der Waals surface area contributed by atoms with Gasteiger partial charge in [-0.2, -0.15) is 0 Å². The first-order valence-electron chi connectivity index (χ1n) is 4.32. The van der Waals surface area contributed by atoms with Crippen molar-refractivity contribution in [3.8, 4) is 0 Å². The lowest BCUT2D eigenvalue weighted by atomic mass is 10.1. The van der Waals surface area contributed by atoms with Gasteiger partial charge >= 0.3 is 5.97 Å². The average Bonchev–Trinajstić information content (AvgIpc) is 2.02. The van der Waals surface area contributed by atoms with E-state index in [0.29, 0.717) is 6.61 Å². The number of carbonyl (C=O) groups is 1. The monoisotopic (exact) mass is 324 g/mol. The van der Waals surface area contributed by atoms with Crippen molar-refractivity contribution < 1.29 is 9.53 Å². The molecular weight excluding hydrogens is 312 g/mol. The Labute approximate surface area is 102 Å². The number of allylic oxidation sites excluding steroid dienone is 2. The smallest absolute Gasteiger partial charge is 0.302 e. The number of esters is 1. The van der Waals surface area contributed by atoms with Crippen LogP contribution in [0.4, 0.5) is 0 Å². The highest BCUT2D eigenvalue weighted by Crippen LogP contribution is 2.15. The van der Waals surface area contributed by atoms with Crippen LogP contribution in [-0.4, -0.2) is 12.6 Å². The summed E-state index contributed by atoms with van der Waals surface area (Å²) >= 11 is 6.57. The molecule has 0 saturated carbocycles. The lowest BCUT2D eigenvalue weighted by molar-refractivity contribution is -0.139. The van der Waals surface area contributed by atoms with Gasteiger partial charge in [0.2, 0.25) is 0 Å². The molecule has 0 radical (unpaired) electrons. The summed E-state index contributed by atoms with van der Waals surface area (Å²) in [5.41, 5.74) is 1.23. The van der Waals surface area contributed by atoms with E-state index in [9.17, 15) is 4.79 Å². The maximum Gasteiger partial charge on any atom is 0.302 e. The quantitative estimate of drug-likeness (QED) is 0.566. The van der Waals surface area contributed by atoms with E-state index in [0.717, 1.165) is 16.2 Å². The molecule has 0 rings (SSSR count). The van der Waals surface area contributed by atoms with Crippen LogP contribution in [0.2, 0.25) is 0 Å². The topological polar surface area (TPSA) is 26.3 Å². The highest BCUT2D eigenvalue weighted by atomic mass is 79.9. The third-order valence-corrected chi connectivity index (χ3v) is 2.20. The van der Waals surface area contributed by atoms with Gasteiger partial charge in [0.15, 0.2) is 0 Å². The number of carbonyl (C=O) groups excluding carboxylic acids is 1. The van der Waals surface area contributed by atoms with Gasteiger partial charge < -0.3 is 4.74 Å². The van der Waals surface area contributed by atoms with Gasteiger partial charge in [0.1, 0.15) is 6.61 Å². The predicted octanol–water partition coefficient (Wildman–Crippen LogP) is 3.91. The zero-order valence-corrected chi connectivity index (χ0v) is 11.5. The molecular formula is C10H14Br2O2. The fraction of sp³-hybridized carbons (Fsp3) is 0.500. The fourth-order valence-electron chi connectivity index (χ4n) is 0.812. The van der Waals surface area contributed by atoms with Crippen molar-refractivity contribution >= 4 is 37.8 Å². The molecule has 0 unspecified atom stereocenters. The zero-order chi connectivity index (χ0) is 11.0. The Balaban J connectivity index is 3.67. The standard InChI is InChI=1S/C10H14Br2O2/c1-8(4-3-5-10(11)12)6-7-14-9(2)13/h5-6H,3-4,7H2,1-2H3/b8-6+. The highest BCUT2D eigenvalue weighted by molar-refractivity contribution is 9.28. The van der Waals surface area contributed by atoms with Gasteiger partial charge in [0, 0.05) is 6.92 Å². The van der Waals surface area contributed by atoms with E-state index in [1.54, 1.807) is 0 Å². The van der Waals surface area contributed by atoms with Crippen LogP contribution in [0.3, 0.4) is 0 Å². The van der Waals surface area contributed by atoms with E-state index in [1.807, 2.05) is 19.1 Å². The first-order chi connectivity index (χ1) is 6.52. The molecule has 0 aromatic heterocycles. The first kappa shape index (κ1) is 13.9. The van der Waals surface area contributed by atoms with Crippen LogP contribution < -0.4 is 0 Å². The lowest BCUT2D eigenvalue weighted by Crippen LogP contribution is -1.98. The first-order valence-corrected chi connectivity index (χ1v) is 5.91. The fourth-order valence-corrected chi connectivity index (χ4v) is 1.27. The Morgan fingerprint density at radius 2 is 1.93 bits per heavy atom. The van der Waals surface area contributed by atoms with Crippen LogP contribution in [-0.2, 0) is 9.53 Å². The molecule has 0 aromatic rings. The van der Waals surface area contributed by atoms with Crippen molar-refractivity contribution in [1.29, 1.82) is 0 Å². The summed E-state index contributed by atoms with van der Waals surface area (Å²) < 4.78 is 5.76. The van der Waals surface area contributed by atoms with Crippen LogP contribution in [0.15, 0.2) is 21.1 Å². The third kappa shape index (κ3) is 9.99. The van der Waals surface area contributed by atoms with E-state index >= 15 is 0 Å². The molecule has 0 aliphatic heterocycles.